The van der Waals surface area contributed by atoms with Gasteiger partial charge >= 0.3 is 35.8 Å². The Bertz CT molecular complexity index is 675. The van der Waals surface area contributed by atoms with Crippen LogP contribution >= 0.6 is 0 Å². The molecule has 0 aliphatic heterocycles. The van der Waals surface area contributed by atoms with Gasteiger partial charge in [-0.1, -0.05) is 24.3 Å². The summed E-state index contributed by atoms with van der Waals surface area (Å²) in [5.41, 5.74) is -2.03. The van der Waals surface area contributed by atoms with Crippen LogP contribution in [0.2, 0.25) is 0 Å². The Kier molecular flexibility index (Phi) is 6.04. The van der Waals surface area contributed by atoms with Crippen LogP contribution in [0.1, 0.15) is 11.1 Å². The minimum atomic E-state index is -7.91. The summed E-state index contributed by atoms with van der Waals surface area (Å²) in [5, 5.41) is 8.60. The van der Waals surface area contributed by atoms with Crippen molar-refractivity contribution >= 4 is 0 Å². The molecule has 0 saturated carbocycles. The summed E-state index contributed by atoms with van der Waals surface area (Å²) in [6, 6.07) is 1.32. The lowest BCUT2D eigenvalue weighted by molar-refractivity contribution is -0.441. The van der Waals surface area contributed by atoms with Crippen LogP contribution in [0.4, 0.5) is 57.1 Å². The van der Waals surface area contributed by atoms with Gasteiger partial charge in [0.15, 0.2) is 0 Å². The lowest BCUT2D eigenvalue weighted by atomic mass is 9.90. The second-order valence-corrected chi connectivity index (χ2v) is 5.54. The molecule has 1 nitrogen and oxygen atoms in total. The first-order valence-corrected chi connectivity index (χ1v) is 6.95. The molecule has 14 heteroatoms. The molecule has 1 N–H and O–H groups in total. The second kappa shape index (κ2) is 6.95. The molecule has 162 valence electrons. The highest BCUT2D eigenvalue weighted by molar-refractivity contribution is 5.29. The van der Waals surface area contributed by atoms with E-state index in [0.29, 0.717) is 12.1 Å². The van der Waals surface area contributed by atoms with Gasteiger partial charge in [0, 0.05) is 12.2 Å². The lowest BCUT2D eigenvalue weighted by Gasteiger charge is -2.39. The number of hydrogen-bond acceptors (Lipinski definition) is 1. The van der Waals surface area contributed by atoms with Crippen LogP contribution in [0.5, 0.6) is 0 Å². The smallest absolute Gasteiger partial charge is 0.396 e. The molecule has 28 heavy (non-hydrogen) atoms. The van der Waals surface area contributed by atoms with E-state index in [9.17, 15) is 57.1 Å². The zero-order chi connectivity index (χ0) is 22.4. The number of benzene rings is 1. The van der Waals surface area contributed by atoms with Crippen molar-refractivity contribution in [3.63, 3.8) is 0 Å². The molecule has 0 aliphatic rings. The summed E-state index contributed by atoms with van der Waals surface area (Å²) < 4.78 is 169. The van der Waals surface area contributed by atoms with Crippen molar-refractivity contribution in [2.75, 3.05) is 6.61 Å². The third-order valence-electron chi connectivity index (χ3n) is 3.65. The van der Waals surface area contributed by atoms with E-state index in [-0.39, 0.29) is 24.1 Å². The lowest BCUT2D eigenvalue weighted by Crippen LogP contribution is -2.69. The molecule has 0 amide bonds. The van der Waals surface area contributed by atoms with Gasteiger partial charge in [0.25, 0.3) is 0 Å². The van der Waals surface area contributed by atoms with Gasteiger partial charge in [-0.2, -0.15) is 57.1 Å². The fourth-order valence-corrected chi connectivity index (χ4v) is 1.96. The first-order chi connectivity index (χ1) is 12.3. The molecule has 0 unspecified atom stereocenters. The largest absolute Gasteiger partial charge is 0.460 e. The SMILES string of the molecule is OCCc1ccc(C(F)(F)C(F)(F)C(F)(F)C(F)(F)C(F)(F)C(F)(F)F)cc1. The van der Waals surface area contributed by atoms with Crippen LogP contribution in [-0.4, -0.2) is 41.6 Å². The Morgan fingerprint density at radius 3 is 1.32 bits per heavy atom. The summed E-state index contributed by atoms with van der Waals surface area (Å²) in [5.74, 6) is -37.1. The highest BCUT2D eigenvalue weighted by Gasteiger charge is 2.90. The van der Waals surface area contributed by atoms with Gasteiger partial charge in [-0.25, -0.2) is 0 Å². The summed E-state index contributed by atoms with van der Waals surface area (Å²) >= 11 is 0. The van der Waals surface area contributed by atoms with Gasteiger partial charge in [0.1, 0.15) is 0 Å². The fourth-order valence-electron chi connectivity index (χ4n) is 1.96. The van der Waals surface area contributed by atoms with Crippen molar-refractivity contribution in [3.05, 3.63) is 35.4 Å². The molecule has 0 aliphatic carbocycles. The highest BCUT2D eigenvalue weighted by atomic mass is 19.4. The van der Waals surface area contributed by atoms with Gasteiger partial charge in [0.05, 0.1) is 0 Å². The zero-order valence-corrected chi connectivity index (χ0v) is 13.1. The minimum Gasteiger partial charge on any atom is -0.396 e. The van der Waals surface area contributed by atoms with Crippen molar-refractivity contribution in [3.8, 4) is 0 Å². The summed E-state index contributed by atoms with van der Waals surface area (Å²) in [4.78, 5) is 0. The number of halogens is 13. The average molecular weight is 440 g/mol. The van der Waals surface area contributed by atoms with E-state index in [2.05, 4.69) is 0 Å². The maximum Gasteiger partial charge on any atom is 0.460 e. The quantitative estimate of drug-likeness (QED) is 0.562. The van der Waals surface area contributed by atoms with Crippen molar-refractivity contribution in [1.82, 2.24) is 0 Å². The van der Waals surface area contributed by atoms with Gasteiger partial charge in [-0.15, -0.1) is 0 Å². The number of hydrogen-bond donors (Lipinski definition) is 1. The van der Waals surface area contributed by atoms with Crippen LogP contribution in [-0.2, 0) is 12.3 Å². The summed E-state index contributed by atoms with van der Waals surface area (Å²) in [6.07, 6.45) is -7.63. The topological polar surface area (TPSA) is 20.2 Å². The third kappa shape index (κ3) is 3.39. The van der Waals surface area contributed by atoms with Crippen LogP contribution in [0.25, 0.3) is 0 Å². The van der Waals surface area contributed by atoms with Crippen molar-refractivity contribution in [2.45, 2.75) is 42.2 Å². The van der Waals surface area contributed by atoms with E-state index >= 15 is 0 Å². The van der Waals surface area contributed by atoms with Crippen molar-refractivity contribution in [2.24, 2.45) is 0 Å². The van der Waals surface area contributed by atoms with E-state index in [1.54, 1.807) is 0 Å². The van der Waals surface area contributed by atoms with Crippen LogP contribution < -0.4 is 0 Å². The van der Waals surface area contributed by atoms with Crippen molar-refractivity contribution in [1.29, 1.82) is 0 Å². The molecule has 0 radical (unpaired) electrons. The van der Waals surface area contributed by atoms with E-state index in [4.69, 9.17) is 5.11 Å². The molecular weight excluding hydrogens is 431 g/mol. The van der Waals surface area contributed by atoms with E-state index in [1.807, 2.05) is 0 Å². The molecule has 1 aromatic carbocycles. The van der Waals surface area contributed by atoms with E-state index in [1.165, 1.54) is 0 Å². The molecule has 0 fully saturated rings. The van der Waals surface area contributed by atoms with E-state index < -0.39 is 48.0 Å². The normalized spacial score (nSPS) is 15.1. The molecule has 0 bridgehead atoms. The highest BCUT2D eigenvalue weighted by Crippen LogP contribution is 2.61. The third-order valence-corrected chi connectivity index (χ3v) is 3.65. The monoisotopic (exact) mass is 440 g/mol. The number of alkyl halides is 13. The first-order valence-electron chi connectivity index (χ1n) is 6.95. The molecular formula is C14H9F13O. The van der Waals surface area contributed by atoms with Gasteiger partial charge in [-0.05, 0) is 12.0 Å². The molecule has 0 atom stereocenters. The Balaban J connectivity index is 3.48. The predicted octanol–water partition coefficient (Wildman–Crippen LogP) is 5.42. The number of rotatable bonds is 7. The molecule has 1 aromatic rings. The van der Waals surface area contributed by atoms with Crippen LogP contribution in [0.15, 0.2) is 24.3 Å². The van der Waals surface area contributed by atoms with Gasteiger partial charge in [-0.3, -0.25) is 0 Å². The number of aliphatic hydroxyl groups is 1. The summed E-state index contributed by atoms with van der Waals surface area (Å²) in [7, 11) is 0. The Morgan fingerprint density at radius 2 is 0.964 bits per heavy atom. The zero-order valence-electron chi connectivity index (χ0n) is 13.1. The Morgan fingerprint density at radius 1 is 0.571 bits per heavy atom. The second-order valence-electron chi connectivity index (χ2n) is 5.54. The first kappa shape index (κ1) is 24.3. The van der Waals surface area contributed by atoms with Gasteiger partial charge < -0.3 is 5.11 Å². The maximum atomic E-state index is 13.8. The maximum absolute atomic E-state index is 13.8. The molecule has 0 spiro atoms. The van der Waals surface area contributed by atoms with Crippen molar-refractivity contribution < 1.29 is 62.2 Å². The number of aliphatic hydroxyl groups excluding tert-OH is 1. The van der Waals surface area contributed by atoms with E-state index in [0.717, 1.165) is 0 Å². The average Bonchev–Trinajstić information content (AvgIpc) is 2.53. The Hall–Kier alpha value is -1.73. The Labute approximate surface area is 147 Å². The standard InChI is InChI=1S/C14H9F13O/c15-9(16,8-3-1-7(2-4-8)5-6-28)10(17,18)11(19,20)12(21,22)13(23,24)14(25,26)27/h1-4,28H,5-6H2. The van der Waals surface area contributed by atoms with Gasteiger partial charge in [0.2, 0.25) is 0 Å². The summed E-state index contributed by atoms with van der Waals surface area (Å²) in [6.45, 7) is -0.539. The molecule has 0 aromatic heterocycles. The fraction of sp³-hybridized carbons (Fsp3) is 0.571. The molecule has 0 heterocycles. The van der Waals surface area contributed by atoms with Crippen LogP contribution in [0.3, 0.4) is 0 Å². The van der Waals surface area contributed by atoms with Crippen LogP contribution in [0, 0.1) is 0 Å². The molecule has 0 saturated heterocycles. The predicted molar refractivity (Wildman–Crippen MR) is 67.0 cm³/mol. The molecule has 1 rings (SSSR count). The minimum absolute atomic E-state index is 0.0195.